The number of anilines is 1. The second kappa shape index (κ2) is 6.40. The number of rotatable bonds is 4. The lowest BCUT2D eigenvalue weighted by molar-refractivity contribution is 0.102. The predicted molar refractivity (Wildman–Crippen MR) is 91.2 cm³/mol. The van der Waals surface area contributed by atoms with Gasteiger partial charge in [-0.2, -0.15) is 0 Å². The summed E-state index contributed by atoms with van der Waals surface area (Å²) >= 11 is 0. The van der Waals surface area contributed by atoms with Crippen molar-refractivity contribution in [3.8, 4) is 11.5 Å². The van der Waals surface area contributed by atoms with Crippen LogP contribution in [0.2, 0.25) is 0 Å². The Bertz CT molecular complexity index is 841. The molecule has 4 nitrogen and oxygen atoms in total. The van der Waals surface area contributed by atoms with Gasteiger partial charge in [0.15, 0.2) is 0 Å². The average Bonchev–Trinajstić information content (AvgIpc) is 2.56. The van der Waals surface area contributed by atoms with Crippen molar-refractivity contribution >= 4 is 22.4 Å². The molecule has 0 radical (unpaired) electrons. The number of carbonyl (C=O) groups excluding carboxylic acids is 1. The fourth-order valence-electron chi connectivity index (χ4n) is 2.38. The van der Waals surface area contributed by atoms with E-state index in [1.54, 1.807) is 30.3 Å². The molecule has 0 heterocycles. The molecule has 23 heavy (non-hydrogen) atoms. The summed E-state index contributed by atoms with van der Waals surface area (Å²) in [5.74, 6) is 0.809. The molecule has 0 aromatic heterocycles. The Balaban J connectivity index is 1.78. The first-order valence-electron chi connectivity index (χ1n) is 7.43. The summed E-state index contributed by atoms with van der Waals surface area (Å²) in [6.07, 6.45) is 0. The Kier molecular flexibility index (Phi) is 4.15. The molecule has 0 saturated heterocycles. The van der Waals surface area contributed by atoms with Gasteiger partial charge >= 0.3 is 0 Å². The van der Waals surface area contributed by atoms with E-state index < -0.39 is 0 Å². The van der Waals surface area contributed by atoms with E-state index in [4.69, 9.17) is 4.74 Å². The van der Waals surface area contributed by atoms with Gasteiger partial charge in [0.1, 0.15) is 11.5 Å². The first kappa shape index (κ1) is 14.9. The molecule has 4 heteroatoms. The average molecular weight is 307 g/mol. The van der Waals surface area contributed by atoms with Gasteiger partial charge in [-0.3, -0.25) is 4.79 Å². The Morgan fingerprint density at radius 1 is 1.00 bits per heavy atom. The Labute approximate surface area is 134 Å². The number of hydrogen-bond acceptors (Lipinski definition) is 3. The Morgan fingerprint density at radius 2 is 1.70 bits per heavy atom. The van der Waals surface area contributed by atoms with Gasteiger partial charge in [0.2, 0.25) is 0 Å². The highest BCUT2D eigenvalue weighted by molar-refractivity contribution is 6.06. The van der Waals surface area contributed by atoms with Gasteiger partial charge in [-0.15, -0.1) is 0 Å². The monoisotopic (exact) mass is 307 g/mol. The predicted octanol–water partition coefficient (Wildman–Crippen LogP) is 4.20. The maximum Gasteiger partial charge on any atom is 0.255 e. The van der Waals surface area contributed by atoms with Crippen molar-refractivity contribution < 1.29 is 14.6 Å². The van der Waals surface area contributed by atoms with Crippen LogP contribution < -0.4 is 10.1 Å². The van der Waals surface area contributed by atoms with E-state index in [9.17, 15) is 9.90 Å². The second-order valence-electron chi connectivity index (χ2n) is 5.16. The lowest BCUT2D eigenvalue weighted by Gasteiger charge is -2.08. The van der Waals surface area contributed by atoms with Crippen LogP contribution >= 0.6 is 0 Å². The quantitative estimate of drug-likeness (QED) is 0.759. The van der Waals surface area contributed by atoms with Crippen molar-refractivity contribution in [3.05, 3.63) is 66.2 Å². The van der Waals surface area contributed by atoms with Crippen LogP contribution in [0.1, 0.15) is 17.3 Å². The normalized spacial score (nSPS) is 10.5. The van der Waals surface area contributed by atoms with Gasteiger partial charge < -0.3 is 15.2 Å². The van der Waals surface area contributed by atoms with E-state index in [-0.39, 0.29) is 11.7 Å². The SMILES string of the molecule is CCOc1ccc(NC(=O)c2ccc3cc(O)ccc3c2)cc1. The number of nitrogens with one attached hydrogen (secondary N) is 1. The first-order chi connectivity index (χ1) is 11.2. The van der Waals surface area contributed by atoms with Crippen molar-refractivity contribution in [1.82, 2.24) is 0 Å². The number of carbonyl (C=O) groups is 1. The fraction of sp³-hybridized carbons (Fsp3) is 0.105. The van der Waals surface area contributed by atoms with Crippen LogP contribution in [-0.4, -0.2) is 17.6 Å². The van der Waals surface area contributed by atoms with Crippen LogP contribution in [0.25, 0.3) is 10.8 Å². The lowest BCUT2D eigenvalue weighted by Crippen LogP contribution is -2.11. The highest BCUT2D eigenvalue weighted by Gasteiger charge is 2.07. The molecule has 3 aromatic rings. The van der Waals surface area contributed by atoms with E-state index in [2.05, 4.69) is 5.32 Å². The van der Waals surface area contributed by atoms with Gasteiger partial charge in [0.25, 0.3) is 5.91 Å². The van der Waals surface area contributed by atoms with E-state index in [0.29, 0.717) is 17.9 Å². The minimum atomic E-state index is -0.177. The van der Waals surface area contributed by atoms with E-state index in [1.165, 1.54) is 0 Å². The van der Waals surface area contributed by atoms with Crippen molar-refractivity contribution in [2.75, 3.05) is 11.9 Å². The molecule has 2 N–H and O–H groups in total. The molecule has 0 spiro atoms. The molecule has 0 atom stereocenters. The number of aromatic hydroxyl groups is 1. The smallest absolute Gasteiger partial charge is 0.255 e. The number of phenols is 1. The zero-order valence-electron chi connectivity index (χ0n) is 12.7. The molecule has 0 aliphatic rings. The van der Waals surface area contributed by atoms with Gasteiger partial charge in [-0.1, -0.05) is 12.1 Å². The highest BCUT2D eigenvalue weighted by atomic mass is 16.5. The summed E-state index contributed by atoms with van der Waals surface area (Å²) in [7, 11) is 0. The second-order valence-corrected chi connectivity index (χ2v) is 5.16. The number of amides is 1. The molecule has 3 aromatic carbocycles. The van der Waals surface area contributed by atoms with Crippen molar-refractivity contribution in [3.63, 3.8) is 0 Å². The van der Waals surface area contributed by atoms with Crippen LogP contribution in [-0.2, 0) is 0 Å². The highest BCUT2D eigenvalue weighted by Crippen LogP contribution is 2.22. The minimum absolute atomic E-state index is 0.177. The minimum Gasteiger partial charge on any atom is -0.508 e. The molecular weight excluding hydrogens is 290 g/mol. The van der Waals surface area contributed by atoms with Gasteiger partial charge in [0.05, 0.1) is 6.61 Å². The first-order valence-corrected chi connectivity index (χ1v) is 7.43. The zero-order valence-corrected chi connectivity index (χ0v) is 12.7. The van der Waals surface area contributed by atoms with Gasteiger partial charge in [-0.25, -0.2) is 0 Å². The number of phenolic OH excluding ortho intramolecular Hbond substituents is 1. The summed E-state index contributed by atoms with van der Waals surface area (Å²) in [6, 6.07) is 17.7. The largest absolute Gasteiger partial charge is 0.508 e. The van der Waals surface area contributed by atoms with E-state index in [1.807, 2.05) is 37.3 Å². The number of benzene rings is 3. The summed E-state index contributed by atoms with van der Waals surface area (Å²) in [6.45, 7) is 2.54. The van der Waals surface area contributed by atoms with Gasteiger partial charge in [-0.05, 0) is 66.2 Å². The summed E-state index contributed by atoms with van der Waals surface area (Å²) < 4.78 is 5.38. The third-order valence-corrected chi connectivity index (χ3v) is 3.51. The standard InChI is InChI=1S/C19H17NO3/c1-2-23-18-9-6-16(7-10-18)20-19(22)15-4-3-14-12-17(21)8-5-13(14)11-15/h3-12,21H,2H2,1H3,(H,20,22). The van der Waals surface area contributed by atoms with Crippen LogP contribution in [0.4, 0.5) is 5.69 Å². The summed E-state index contributed by atoms with van der Waals surface area (Å²) in [5, 5.41) is 14.1. The molecule has 3 rings (SSSR count). The molecule has 0 fully saturated rings. The molecule has 0 aliphatic heterocycles. The maximum atomic E-state index is 12.3. The van der Waals surface area contributed by atoms with Crippen LogP contribution in [0, 0.1) is 0 Å². The molecule has 0 aliphatic carbocycles. The Morgan fingerprint density at radius 3 is 2.43 bits per heavy atom. The summed E-state index contributed by atoms with van der Waals surface area (Å²) in [4.78, 5) is 12.3. The zero-order chi connectivity index (χ0) is 16.2. The molecule has 116 valence electrons. The molecule has 0 bridgehead atoms. The summed E-state index contributed by atoms with van der Waals surface area (Å²) in [5.41, 5.74) is 1.28. The molecule has 1 amide bonds. The lowest BCUT2D eigenvalue weighted by atomic mass is 10.1. The number of ether oxygens (including phenoxy) is 1. The number of fused-ring (bicyclic) bond motifs is 1. The molecular formula is C19H17NO3. The Hall–Kier alpha value is -3.01. The van der Waals surface area contributed by atoms with Crippen molar-refractivity contribution in [2.24, 2.45) is 0 Å². The third kappa shape index (κ3) is 3.43. The fourth-order valence-corrected chi connectivity index (χ4v) is 2.38. The van der Waals surface area contributed by atoms with Crippen molar-refractivity contribution in [1.29, 1.82) is 0 Å². The molecule has 0 saturated carbocycles. The third-order valence-electron chi connectivity index (χ3n) is 3.51. The number of hydrogen-bond donors (Lipinski definition) is 2. The maximum absolute atomic E-state index is 12.3. The van der Waals surface area contributed by atoms with Gasteiger partial charge in [0, 0.05) is 11.3 Å². The van der Waals surface area contributed by atoms with Crippen LogP contribution in [0.5, 0.6) is 11.5 Å². The van der Waals surface area contributed by atoms with Crippen molar-refractivity contribution in [2.45, 2.75) is 6.92 Å². The van der Waals surface area contributed by atoms with Crippen LogP contribution in [0.3, 0.4) is 0 Å². The van der Waals surface area contributed by atoms with E-state index >= 15 is 0 Å². The van der Waals surface area contributed by atoms with E-state index in [0.717, 1.165) is 16.5 Å². The molecule has 0 unspecified atom stereocenters. The van der Waals surface area contributed by atoms with Crippen LogP contribution in [0.15, 0.2) is 60.7 Å². The topological polar surface area (TPSA) is 58.6 Å².